The van der Waals surface area contributed by atoms with Crippen molar-refractivity contribution in [2.75, 3.05) is 24.7 Å². The van der Waals surface area contributed by atoms with Crippen molar-refractivity contribution < 1.29 is 9.15 Å². The van der Waals surface area contributed by atoms with E-state index in [0.717, 1.165) is 30.9 Å². The summed E-state index contributed by atoms with van der Waals surface area (Å²) in [5, 5.41) is 0. The van der Waals surface area contributed by atoms with Gasteiger partial charge in [-0.1, -0.05) is 12.1 Å². The largest absolute Gasteiger partial charge is 0.423 e. The molecule has 4 heteroatoms. The van der Waals surface area contributed by atoms with E-state index < -0.39 is 0 Å². The van der Waals surface area contributed by atoms with Crippen molar-refractivity contribution in [3.8, 4) is 0 Å². The maximum Gasteiger partial charge on any atom is 0.298 e. The summed E-state index contributed by atoms with van der Waals surface area (Å²) in [5.74, 6) is 0. The number of hydrogen-bond acceptors (Lipinski definition) is 4. The van der Waals surface area contributed by atoms with Gasteiger partial charge in [-0.25, -0.2) is 0 Å². The molecule has 0 N–H and O–H groups in total. The summed E-state index contributed by atoms with van der Waals surface area (Å²) in [4.78, 5) is 6.65. The lowest BCUT2D eigenvalue weighted by molar-refractivity contribution is 0.00689. The van der Waals surface area contributed by atoms with E-state index in [4.69, 9.17) is 9.15 Å². The third-order valence-electron chi connectivity index (χ3n) is 2.93. The van der Waals surface area contributed by atoms with Gasteiger partial charge in [-0.05, 0) is 19.1 Å². The van der Waals surface area contributed by atoms with Gasteiger partial charge in [0.2, 0.25) is 0 Å². The Morgan fingerprint density at radius 1 is 1.38 bits per heavy atom. The molecule has 1 aliphatic rings. The molecule has 0 atom stereocenters. The highest BCUT2D eigenvalue weighted by Crippen LogP contribution is 2.24. The molecular formula is C12H14N2O2. The van der Waals surface area contributed by atoms with Crippen LogP contribution in [-0.2, 0) is 4.74 Å². The van der Waals surface area contributed by atoms with Crippen molar-refractivity contribution in [3.63, 3.8) is 0 Å². The van der Waals surface area contributed by atoms with Crippen LogP contribution >= 0.6 is 0 Å². The second kappa shape index (κ2) is 3.79. The first-order valence-electron chi connectivity index (χ1n) is 5.58. The number of anilines is 1. The van der Waals surface area contributed by atoms with E-state index >= 15 is 0 Å². The number of ether oxygens (including phenoxy) is 1. The predicted octanol–water partition coefficient (Wildman–Crippen LogP) is 2.05. The molecule has 1 aromatic carbocycles. The van der Waals surface area contributed by atoms with Crippen LogP contribution < -0.4 is 4.90 Å². The molecule has 0 amide bonds. The lowest BCUT2D eigenvalue weighted by Gasteiger charge is -2.35. The number of benzene rings is 1. The second-order valence-electron chi connectivity index (χ2n) is 3.94. The minimum Gasteiger partial charge on any atom is -0.423 e. The summed E-state index contributed by atoms with van der Waals surface area (Å²) in [6, 6.07) is 8.96. The summed E-state index contributed by atoms with van der Waals surface area (Å²) in [5.41, 5.74) is 1.76. The molecule has 0 saturated carbocycles. The zero-order valence-electron chi connectivity index (χ0n) is 9.22. The van der Waals surface area contributed by atoms with Crippen LogP contribution in [-0.4, -0.2) is 30.8 Å². The van der Waals surface area contributed by atoms with Crippen LogP contribution in [0.2, 0.25) is 0 Å². The summed E-state index contributed by atoms with van der Waals surface area (Å²) >= 11 is 0. The molecule has 1 saturated heterocycles. The summed E-state index contributed by atoms with van der Waals surface area (Å²) < 4.78 is 10.9. The van der Waals surface area contributed by atoms with Crippen molar-refractivity contribution in [1.82, 2.24) is 4.98 Å². The first-order valence-corrected chi connectivity index (χ1v) is 5.58. The third kappa shape index (κ3) is 1.46. The third-order valence-corrected chi connectivity index (χ3v) is 2.93. The number of hydrogen-bond donors (Lipinski definition) is 0. The fourth-order valence-electron chi connectivity index (χ4n) is 1.94. The average molecular weight is 218 g/mol. The minimum atomic E-state index is 0.415. The van der Waals surface area contributed by atoms with Gasteiger partial charge in [0.25, 0.3) is 6.01 Å². The Morgan fingerprint density at radius 2 is 2.19 bits per heavy atom. The van der Waals surface area contributed by atoms with E-state index in [1.165, 1.54) is 0 Å². The van der Waals surface area contributed by atoms with Crippen molar-refractivity contribution in [2.24, 2.45) is 0 Å². The van der Waals surface area contributed by atoms with Gasteiger partial charge in [0, 0.05) is 6.54 Å². The topological polar surface area (TPSA) is 38.5 Å². The Balaban J connectivity index is 1.96. The van der Waals surface area contributed by atoms with Crippen LogP contribution in [0.4, 0.5) is 6.01 Å². The quantitative estimate of drug-likeness (QED) is 0.790. The molecule has 16 heavy (non-hydrogen) atoms. The highest BCUT2D eigenvalue weighted by Gasteiger charge is 2.28. The first-order chi connectivity index (χ1) is 7.88. The first kappa shape index (κ1) is 9.66. The van der Waals surface area contributed by atoms with Gasteiger partial charge in [0.05, 0.1) is 19.3 Å². The Hall–Kier alpha value is -1.55. The SMILES string of the molecule is CCN(c1nc2ccccc2o1)C1COC1. The van der Waals surface area contributed by atoms with Crippen molar-refractivity contribution >= 4 is 17.1 Å². The lowest BCUT2D eigenvalue weighted by atomic mass is 10.2. The van der Waals surface area contributed by atoms with E-state index in [9.17, 15) is 0 Å². The second-order valence-corrected chi connectivity index (χ2v) is 3.94. The molecule has 1 aliphatic heterocycles. The van der Waals surface area contributed by atoms with Gasteiger partial charge in [0.1, 0.15) is 5.52 Å². The summed E-state index contributed by atoms with van der Waals surface area (Å²) in [6.07, 6.45) is 0. The van der Waals surface area contributed by atoms with E-state index in [-0.39, 0.29) is 0 Å². The van der Waals surface area contributed by atoms with E-state index in [1.807, 2.05) is 24.3 Å². The summed E-state index contributed by atoms with van der Waals surface area (Å²) in [7, 11) is 0. The molecule has 2 heterocycles. The molecule has 1 aromatic heterocycles. The van der Waals surface area contributed by atoms with Crippen LogP contribution in [0.15, 0.2) is 28.7 Å². The average Bonchev–Trinajstić information content (AvgIpc) is 2.66. The van der Waals surface area contributed by atoms with Gasteiger partial charge in [-0.15, -0.1) is 0 Å². The van der Waals surface area contributed by atoms with Crippen LogP contribution in [0.25, 0.3) is 11.1 Å². The van der Waals surface area contributed by atoms with E-state index in [1.54, 1.807) is 0 Å². The highest BCUT2D eigenvalue weighted by atomic mass is 16.5. The molecule has 1 fully saturated rings. The van der Waals surface area contributed by atoms with E-state index in [0.29, 0.717) is 12.1 Å². The number of para-hydroxylation sites is 2. The maximum atomic E-state index is 5.74. The Kier molecular flexibility index (Phi) is 2.29. The van der Waals surface area contributed by atoms with Crippen molar-refractivity contribution in [1.29, 1.82) is 0 Å². The molecule has 0 unspecified atom stereocenters. The van der Waals surface area contributed by atoms with Gasteiger partial charge in [-0.3, -0.25) is 0 Å². The van der Waals surface area contributed by atoms with Crippen LogP contribution in [0.1, 0.15) is 6.92 Å². The Bertz CT molecular complexity index is 457. The number of aromatic nitrogens is 1. The monoisotopic (exact) mass is 218 g/mol. The fraction of sp³-hybridized carbons (Fsp3) is 0.417. The van der Waals surface area contributed by atoms with Gasteiger partial charge < -0.3 is 14.1 Å². The number of likely N-dealkylation sites (N-methyl/N-ethyl adjacent to an activating group) is 1. The van der Waals surface area contributed by atoms with Crippen LogP contribution in [0.3, 0.4) is 0 Å². The number of fused-ring (bicyclic) bond motifs is 1. The minimum absolute atomic E-state index is 0.415. The fourth-order valence-corrected chi connectivity index (χ4v) is 1.94. The Labute approximate surface area is 93.8 Å². The molecule has 0 radical (unpaired) electrons. The number of oxazole rings is 1. The molecule has 3 rings (SSSR count). The molecule has 2 aromatic rings. The predicted molar refractivity (Wildman–Crippen MR) is 61.6 cm³/mol. The number of nitrogens with zero attached hydrogens (tertiary/aromatic N) is 2. The zero-order chi connectivity index (χ0) is 11.0. The van der Waals surface area contributed by atoms with E-state index in [2.05, 4.69) is 16.8 Å². The van der Waals surface area contributed by atoms with Gasteiger partial charge in [-0.2, -0.15) is 4.98 Å². The van der Waals surface area contributed by atoms with Gasteiger partial charge in [0.15, 0.2) is 5.58 Å². The van der Waals surface area contributed by atoms with Crippen molar-refractivity contribution in [3.05, 3.63) is 24.3 Å². The Morgan fingerprint density at radius 3 is 2.81 bits per heavy atom. The maximum absolute atomic E-state index is 5.74. The molecule has 84 valence electrons. The lowest BCUT2D eigenvalue weighted by Crippen LogP contribution is -2.49. The molecule has 4 nitrogen and oxygen atoms in total. The zero-order valence-corrected chi connectivity index (χ0v) is 9.22. The van der Waals surface area contributed by atoms with Gasteiger partial charge >= 0.3 is 0 Å². The van der Waals surface area contributed by atoms with Crippen molar-refractivity contribution in [2.45, 2.75) is 13.0 Å². The normalized spacial score (nSPS) is 16.3. The molecule has 0 bridgehead atoms. The van der Waals surface area contributed by atoms with Crippen LogP contribution in [0.5, 0.6) is 0 Å². The molecule has 0 spiro atoms. The standard InChI is InChI=1S/C12H14N2O2/c1-2-14(9-7-15-8-9)12-13-10-5-3-4-6-11(10)16-12/h3-6,9H,2,7-8H2,1H3. The smallest absolute Gasteiger partial charge is 0.298 e. The summed E-state index contributed by atoms with van der Waals surface area (Å²) in [6.45, 7) is 4.53. The molecular weight excluding hydrogens is 204 g/mol. The number of rotatable bonds is 3. The van der Waals surface area contributed by atoms with Crippen LogP contribution in [0, 0.1) is 0 Å². The highest BCUT2D eigenvalue weighted by molar-refractivity contribution is 5.74. The molecule has 0 aliphatic carbocycles.